The number of aromatic nitrogens is 1. The van der Waals surface area contributed by atoms with E-state index in [1.54, 1.807) is 42.5 Å². The van der Waals surface area contributed by atoms with Crippen LogP contribution in [0.25, 0.3) is 0 Å². The topological polar surface area (TPSA) is 77.2 Å². The number of carbonyl (C=O) groups is 1. The van der Waals surface area contributed by atoms with Crippen LogP contribution >= 0.6 is 0 Å². The monoisotopic (exact) mass is 351 g/mol. The van der Waals surface area contributed by atoms with Crippen molar-refractivity contribution in [2.45, 2.75) is 13.2 Å². The summed E-state index contributed by atoms with van der Waals surface area (Å²) in [5.74, 6) is 0.249. The Morgan fingerprint density at radius 3 is 2.58 bits per heavy atom. The largest absolute Gasteiger partial charge is 0.489 e. The number of ether oxygens (including phenoxy) is 1. The second-order valence-electron chi connectivity index (χ2n) is 5.64. The predicted molar refractivity (Wildman–Crippen MR) is 97.0 cm³/mol. The first-order valence-corrected chi connectivity index (χ1v) is 8.07. The van der Waals surface area contributed by atoms with Crippen LogP contribution in [0.1, 0.15) is 21.5 Å². The lowest BCUT2D eigenvalue weighted by Gasteiger charge is -2.09. The van der Waals surface area contributed by atoms with Gasteiger partial charge in [0.15, 0.2) is 0 Å². The van der Waals surface area contributed by atoms with Crippen LogP contribution in [0.2, 0.25) is 0 Å². The zero-order chi connectivity index (χ0) is 18.4. The molecule has 0 spiro atoms. The number of nitrogens with two attached hydrogens (primary N) is 1. The van der Waals surface area contributed by atoms with Crippen molar-refractivity contribution >= 4 is 11.7 Å². The molecule has 0 aliphatic rings. The maximum atomic E-state index is 13.6. The highest BCUT2D eigenvalue weighted by atomic mass is 19.1. The van der Waals surface area contributed by atoms with Gasteiger partial charge in [-0.1, -0.05) is 30.3 Å². The van der Waals surface area contributed by atoms with E-state index in [0.717, 1.165) is 5.56 Å². The molecule has 1 heterocycles. The molecule has 6 heteroatoms. The number of hydrogen-bond donors (Lipinski definition) is 2. The third-order valence-corrected chi connectivity index (χ3v) is 3.81. The Balaban J connectivity index is 1.54. The number of anilines is 1. The molecule has 0 aliphatic carbocycles. The summed E-state index contributed by atoms with van der Waals surface area (Å²) in [6, 6.07) is 17.0. The quantitative estimate of drug-likeness (QED) is 0.714. The van der Waals surface area contributed by atoms with Gasteiger partial charge in [0.25, 0.3) is 5.91 Å². The lowest BCUT2D eigenvalue weighted by molar-refractivity contribution is 0.0951. The van der Waals surface area contributed by atoms with Gasteiger partial charge in [0.1, 0.15) is 24.0 Å². The van der Waals surface area contributed by atoms with Crippen LogP contribution in [0.5, 0.6) is 5.75 Å². The van der Waals surface area contributed by atoms with Gasteiger partial charge in [-0.25, -0.2) is 9.37 Å². The first kappa shape index (κ1) is 17.4. The van der Waals surface area contributed by atoms with Crippen LogP contribution < -0.4 is 15.8 Å². The van der Waals surface area contributed by atoms with Crippen LogP contribution in [0.3, 0.4) is 0 Å². The Morgan fingerprint density at radius 1 is 1.08 bits per heavy atom. The normalized spacial score (nSPS) is 10.3. The Kier molecular flexibility index (Phi) is 5.43. The van der Waals surface area contributed by atoms with Crippen molar-refractivity contribution in [3.05, 3.63) is 89.4 Å². The average Bonchev–Trinajstić information content (AvgIpc) is 2.67. The summed E-state index contributed by atoms with van der Waals surface area (Å²) < 4.78 is 19.2. The summed E-state index contributed by atoms with van der Waals surface area (Å²) >= 11 is 0. The molecule has 3 rings (SSSR count). The molecule has 26 heavy (non-hydrogen) atoms. The molecule has 0 aliphatic heterocycles. The zero-order valence-corrected chi connectivity index (χ0v) is 14.0. The highest BCUT2D eigenvalue weighted by Crippen LogP contribution is 2.16. The number of nitrogen functional groups attached to an aromatic ring is 1. The molecular weight excluding hydrogens is 333 g/mol. The smallest absolute Gasteiger partial charge is 0.255 e. The van der Waals surface area contributed by atoms with Gasteiger partial charge >= 0.3 is 0 Å². The van der Waals surface area contributed by atoms with Crippen LogP contribution in [0.15, 0.2) is 66.9 Å². The van der Waals surface area contributed by atoms with E-state index in [2.05, 4.69) is 10.3 Å². The van der Waals surface area contributed by atoms with Crippen molar-refractivity contribution < 1.29 is 13.9 Å². The zero-order valence-electron chi connectivity index (χ0n) is 14.0. The number of nitrogens with zero attached hydrogens (tertiary/aromatic N) is 1. The van der Waals surface area contributed by atoms with Crippen molar-refractivity contribution in [1.29, 1.82) is 0 Å². The molecule has 0 saturated carbocycles. The number of nitrogens with one attached hydrogen (secondary N) is 1. The molecule has 0 fully saturated rings. The Morgan fingerprint density at radius 2 is 1.85 bits per heavy atom. The van der Waals surface area contributed by atoms with Gasteiger partial charge in [0.2, 0.25) is 0 Å². The fourth-order valence-corrected chi connectivity index (χ4v) is 2.37. The van der Waals surface area contributed by atoms with E-state index in [1.807, 2.05) is 12.1 Å². The number of benzene rings is 2. The molecule has 2 aromatic carbocycles. The van der Waals surface area contributed by atoms with Crippen molar-refractivity contribution in [3.8, 4) is 5.75 Å². The van der Waals surface area contributed by atoms with E-state index in [4.69, 9.17) is 10.5 Å². The summed E-state index contributed by atoms with van der Waals surface area (Å²) in [4.78, 5) is 16.0. The molecule has 132 valence electrons. The average molecular weight is 351 g/mol. The molecule has 0 unspecified atom stereocenters. The number of hydrogen-bond acceptors (Lipinski definition) is 4. The lowest BCUT2D eigenvalue weighted by atomic mass is 10.2. The molecule has 0 atom stereocenters. The Labute approximate surface area is 150 Å². The molecule has 1 amide bonds. The minimum atomic E-state index is -0.290. The SMILES string of the molecule is Nc1ncccc1C(=O)NCc1ccc(OCc2ccccc2F)cc1. The minimum Gasteiger partial charge on any atom is -0.489 e. The molecule has 0 saturated heterocycles. The molecular formula is C20H18FN3O2. The van der Waals surface area contributed by atoms with Gasteiger partial charge in [0.05, 0.1) is 5.56 Å². The molecule has 5 nitrogen and oxygen atoms in total. The number of halogens is 1. The fourth-order valence-electron chi connectivity index (χ4n) is 2.37. The van der Waals surface area contributed by atoms with Crippen LogP contribution in [0.4, 0.5) is 10.2 Å². The standard InChI is InChI=1S/C20H18FN3O2/c21-18-6-2-1-4-15(18)13-26-16-9-7-14(8-10-16)12-24-20(25)17-5-3-11-23-19(17)22/h1-11H,12-13H2,(H2,22,23)(H,24,25). The molecule has 3 aromatic rings. The van der Waals surface area contributed by atoms with Gasteiger partial charge in [-0.15, -0.1) is 0 Å². The van der Waals surface area contributed by atoms with Crippen molar-refractivity contribution in [2.24, 2.45) is 0 Å². The van der Waals surface area contributed by atoms with Crippen molar-refractivity contribution in [3.63, 3.8) is 0 Å². The second-order valence-corrected chi connectivity index (χ2v) is 5.64. The van der Waals surface area contributed by atoms with Crippen molar-refractivity contribution in [1.82, 2.24) is 10.3 Å². The molecule has 0 bridgehead atoms. The Bertz CT molecular complexity index is 898. The van der Waals surface area contributed by atoms with Crippen LogP contribution in [0, 0.1) is 5.82 Å². The highest BCUT2D eigenvalue weighted by molar-refractivity contribution is 5.98. The first-order valence-electron chi connectivity index (χ1n) is 8.07. The van der Waals surface area contributed by atoms with E-state index in [1.165, 1.54) is 12.3 Å². The van der Waals surface area contributed by atoms with Gasteiger partial charge in [-0.2, -0.15) is 0 Å². The molecule has 1 aromatic heterocycles. The molecule has 0 radical (unpaired) electrons. The van der Waals surface area contributed by atoms with Gasteiger partial charge in [-0.05, 0) is 35.9 Å². The number of amides is 1. The lowest BCUT2D eigenvalue weighted by Crippen LogP contribution is -2.24. The summed E-state index contributed by atoms with van der Waals surface area (Å²) in [6.45, 7) is 0.504. The first-order chi connectivity index (χ1) is 12.6. The van der Waals surface area contributed by atoms with Gasteiger partial charge < -0.3 is 15.8 Å². The van der Waals surface area contributed by atoms with E-state index < -0.39 is 0 Å². The summed E-state index contributed by atoms with van der Waals surface area (Å²) in [5.41, 5.74) is 7.43. The maximum Gasteiger partial charge on any atom is 0.255 e. The highest BCUT2D eigenvalue weighted by Gasteiger charge is 2.09. The van der Waals surface area contributed by atoms with E-state index in [-0.39, 0.29) is 24.1 Å². The predicted octanol–water partition coefficient (Wildman–Crippen LogP) is 3.31. The Hall–Kier alpha value is -3.41. The van der Waals surface area contributed by atoms with Gasteiger partial charge in [0, 0.05) is 18.3 Å². The van der Waals surface area contributed by atoms with E-state index >= 15 is 0 Å². The van der Waals surface area contributed by atoms with Gasteiger partial charge in [-0.3, -0.25) is 4.79 Å². The van der Waals surface area contributed by atoms with Crippen molar-refractivity contribution in [2.75, 3.05) is 5.73 Å². The summed E-state index contributed by atoms with van der Waals surface area (Å²) in [6.07, 6.45) is 1.53. The maximum absolute atomic E-state index is 13.6. The molecule has 3 N–H and O–H groups in total. The third kappa shape index (κ3) is 4.36. The second kappa shape index (κ2) is 8.11. The van der Waals surface area contributed by atoms with E-state index in [9.17, 15) is 9.18 Å². The van der Waals surface area contributed by atoms with Crippen LogP contribution in [-0.4, -0.2) is 10.9 Å². The minimum absolute atomic E-state index is 0.156. The number of carbonyl (C=O) groups excluding carboxylic acids is 1. The number of rotatable bonds is 6. The van der Waals surface area contributed by atoms with E-state index in [0.29, 0.717) is 23.4 Å². The summed E-state index contributed by atoms with van der Waals surface area (Å²) in [5, 5.41) is 2.79. The third-order valence-electron chi connectivity index (χ3n) is 3.81. The fraction of sp³-hybridized carbons (Fsp3) is 0.100. The van der Waals surface area contributed by atoms with Crippen LogP contribution in [-0.2, 0) is 13.2 Å². The number of pyridine rings is 1. The summed E-state index contributed by atoms with van der Waals surface area (Å²) in [7, 11) is 0.